The number of nitrogens with one attached hydrogen (secondary N) is 1. The molecule has 0 fully saturated rings. The van der Waals surface area contributed by atoms with Crippen LogP contribution in [0.1, 0.15) is 39.5 Å². The van der Waals surface area contributed by atoms with Crippen LogP contribution in [-0.2, 0) is 15.0 Å². The molecule has 0 heterocycles. The zero-order valence-electron chi connectivity index (χ0n) is 11.3. The summed E-state index contributed by atoms with van der Waals surface area (Å²) in [7, 11) is -3.87. The highest BCUT2D eigenvalue weighted by molar-refractivity contribution is 7.87. The van der Waals surface area contributed by atoms with Gasteiger partial charge < -0.3 is 5.11 Å². The Bertz CT molecular complexity index is 416. The van der Waals surface area contributed by atoms with Crippen molar-refractivity contribution in [3.63, 3.8) is 0 Å². The van der Waals surface area contributed by atoms with Crippen LogP contribution in [-0.4, -0.2) is 42.9 Å². The lowest BCUT2D eigenvalue weighted by Gasteiger charge is -2.22. The van der Waals surface area contributed by atoms with Gasteiger partial charge in [0.1, 0.15) is 6.04 Å². The molecule has 0 aliphatic heterocycles. The predicted octanol–water partition coefficient (Wildman–Crippen LogP) is 0.700. The van der Waals surface area contributed by atoms with Gasteiger partial charge in [0.05, 0.1) is 6.07 Å². The second-order valence-electron chi connectivity index (χ2n) is 4.06. The molecule has 0 aliphatic carbocycles. The molecule has 19 heavy (non-hydrogen) atoms. The fraction of sp³-hybridized carbons (Fsp3) is 0.818. The zero-order valence-corrected chi connectivity index (χ0v) is 12.1. The van der Waals surface area contributed by atoms with E-state index in [1.165, 1.54) is 0 Å². The largest absolute Gasteiger partial charge is 0.480 e. The van der Waals surface area contributed by atoms with E-state index in [9.17, 15) is 13.2 Å². The zero-order chi connectivity index (χ0) is 14.9. The summed E-state index contributed by atoms with van der Waals surface area (Å²) < 4.78 is 27.2. The van der Waals surface area contributed by atoms with Crippen LogP contribution >= 0.6 is 0 Å². The van der Waals surface area contributed by atoms with E-state index in [1.807, 2.05) is 13.0 Å². The summed E-state index contributed by atoms with van der Waals surface area (Å²) in [4.78, 5) is 11.0. The number of rotatable bonds is 10. The molecule has 7 nitrogen and oxygen atoms in total. The molecule has 1 atom stereocenters. The number of carbonyl (C=O) groups is 1. The lowest BCUT2D eigenvalue weighted by molar-refractivity contribution is -0.139. The third-order valence-electron chi connectivity index (χ3n) is 2.60. The molecule has 0 amide bonds. The van der Waals surface area contributed by atoms with Crippen LogP contribution in [0.25, 0.3) is 0 Å². The average Bonchev–Trinajstić information content (AvgIpc) is 2.34. The van der Waals surface area contributed by atoms with Crippen LogP contribution < -0.4 is 4.72 Å². The lowest BCUT2D eigenvalue weighted by Crippen LogP contribution is -2.48. The first-order chi connectivity index (χ1) is 8.88. The monoisotopic (exact) mass is 291 g/mol. The van der Waals surface area contributed by atoms with E-state index in [-0.39, 0.29) is 25.9 Å². The molecular weight excluding hydrogens is 270 g/mol. The minimum atomic E-state index is -3.87. The quantitative estimate of drug-likeness (QED) is 0.615. The van der Waals surface area contributed by atoms with Gasteiger partial charge in [-0.1, -0.05) is 26.7 Å². The van der Waals surface area contributed by atoms with Crippen molar-refractivity contribution in [2.24, 2.45) is 0 Å². The summed E-state index contributed by atoms with van der Waals surface area (Å²) in [5.41, 5.74) is 0. The van der Waals surface area contributed by atoms with Crippen LogP contribution in [0.4, 0.5) is 0 Å². The highest BCUT2D eigenvalue weighted by Gasteiger charge is 2.27. The van der Waals surface area contributed by atoms with Gasteiger partial charge in [0.2, 0.25) is 0 Å². The molecular formula is C11H21N3O4S. The van der Waals surface area contributed by atoms with Gasteiger partial charge in [-0.25, -0.2) is 0 Å². The van der Waals surface area contributed by atoms with E-state index >= 15 is 0 Å². The van der Waals surface area contributed by atoms with E-state index in [1.54, 1.807) is 6.92 Å². The first kappa shape index (κ1) is 17.8. The second-order valence-corrected chi connectivity index (χ2v) is 5.76. The molecule has 110 valence electrons. The normalized spacial score (nSPS) is 13.2. The highest BCUT2D eigenvalue weighted by atomic mass is 32.2. The Morgan fingerprint density at radius 3 is 2.53 bits per heavy atom. The van der Waals surface area contributed by atoms with Crippen molar-refractivity contribution < 1.29 is 18.3 Å². The Morgan fingerprint density at radius 1 is 1.47 bits per heavy atom. The number of nitrogens with zero attached hydrogens (tertiary/aromatic N) is 2. The fourth-order valence-corrected chi connectivity index (χ4v) is 2.92. The Kier molecular flexibility index (Phi) is 8.30. The molecule has 8 heteroatoms. The Hall–Kier alpha value is -1.17. The molecule has 2 N–H and O–H groups in total. The molecule has 1 unspecified atom stereocenters. The molecule has 0 aromatic heterocycles. The maximum absolute atomic E-state index is 12.0. The predicted molar refractivity (Wildman–Crippen MR) is 70.5 cm³/mol. The molecule has 0 spiro atoms. The molecule has 0 aromatic carbocycles. The van der Waals surface area contributed by atoms with Crippen LogP contribution in [0.2, 0.25) is 0 Å². The Morgan fingerprint density at radius 2 is 2.11 bits per heavy atom. The van der Waals surface area contributed by atoms with Crippen molar-refractivity contribution in [2.45, 2.75) is 45.6 Å². The average molecular weight is 291 g/mol. The minimum absolute atomic E-state index is 0.0580. The molecule has 0 saturated heterocycles. The molecule has 0 radical (unpaired) electrons. The summed E-state index contributed by atoms with van der Waals surface area (Å²) in [6.07, 6.45) is 1.74. The number of aliphatic carboxylic acids is 1. The van der Waals surface area contributed by atoms with Crippen molar-refractivity contribution in [1.29, 1.82) is 5.26 Å². The van der Waals surface area contributed by atoms with E-state index in [2.05, 4.69) is 4.72 Å². The summed E-state index contributed by atoms with van der Waals surface area (Å²) in [6, 6.07) is 0.741. The van der Waals surface area contributed by atoms with Gasteiger partial charge >= 0.3 is 5.97 Å². The van der Waals surface area contributed by atoms with Gasteiger partial charge in [0.25, 0.3) is 10.2 Å². The van der Waals surface area contributed by atoms with Crippen LogP contribution in [0.15, 0.2) is 0 Å². The van der Waals surface area contributed by atoms with E-state index in [4.69, 9.17) is 10.4 Å². The SMILES string of the molecule is CCCCC(NS(=O)(=O)N(CC)CCC#N)C(=O)O. The molecule has 0 aromatic rings. The Labute approximate surface area is 114 Å². The summed E-state index contributed by atoms with van der Waals surface area (Å²) in [5, 5.41) is 17.5. The Balaban J connectivity index is 4.77. The van der Waals surface area contributed by atoms with Crippen molar-refractivity contribution >= 4 is 16.2 Å². The topological polar surface area (TPSA) is 111 Å². The number of carboxylic acid groups (broad SMARTS) is 1. The van der Waals surface area contributed by atoms with Gasteiger partial charge in [0.15, 0.2) is 0 Å². The minimum Gasteiger partial charge on any atom is -0.480 e. The molecule has 0 saturated carbocycles. The maximum Gasteiger partial charge on any atom is 0.321 e. The van der Waals surface area contributed by atoms with Gasteiger partial charge in [0, 0.05) is 19.5 Å². The third kappa shape index (κ3) is 6.52. The number of unbranched alkanes of at least 4 members (excludes halogenated alkanes) is 1. The van der Waals surface area contributed by atoms with Crippen molar-refractivity contribution in [2.75, 3.05) is 13.1 Å². The van der Waals surface area contributed by atoms with Gasteiger partial charge in [-0.2, -0.15) is 22.7 Å². The van der Waals surface area contributed by atoms with Crippen molar-refractivity contribution in [3.8, 4) is 6.07 Å². The smallest absolute Gasteiger partial charge is 0.321 e. The van der Waals surface area contributed by atoms with Gasteiger partial charge in [-0.05, 0) is 6.42 Å². The number of hydrogen-bond acceptors (Lipinski definition) is 4. The van der Waals surface area contributed by atoms with Crippen LogP contribution in [0.5, 0.6) is 0 Å². The van der Waals surface area contributed by atoms with Gasteiger partial charge in [-0.3, -0.25) is 4.79 Å². The highest BCUT2D eigenvalue weighted by Crippen LogP contribution is 2.06. The van der Waals surface area contributed by atoms with E-state index < -0.39 is 22.2 Å². The summed E-state index contributed by atoms with van der Waals surface area (Å²) in [5.74, 6) is -1.19. The lowest BCUT2D eigenvalue weighted by atomic mass is 10.1. The number of nitriles is 1. The van der Waals surface area contributed by atoms with Crippen molar-refractivity contribution in [3.05, 3.63) is 0 Å². The number of carboxylic acids is 1. The third-order valence-corrected chi connectivity index (χ3v) is 4.30. The standard InChI is InChI=1S/C11H21N3O4S/c1-3-5-7-10(11(15)16)13-19(17,18)14(4-2)9-6-8-12/h10,13H,3-7,9H2,1-2H3,(H,15,16). The summed E-state index contributed by atoms with van der Waals surface area (Å²) >= 11 is 0. The van der Waals surface area contributed by atoms with Crippen LogP contribution in [0, 0.1) is 11.3 Å². The second kappa shape index (κ2) is 8.85. The van der Waals surface area contributed by atoms with E-state index in [0.29, 0.717) is 6.42 Å². The van der Waals surface area contributed by atoms with Crippen molar-refractivity contribution in [1.82, 2.24) is 9.03 Å². The first-order valence-electron chi connectivity index (χ1n) is 6.26. The molecule has 0 rings (SSSR count). The van der Waals surface area contributed by atoms with Crippen LogP contribution in [0.3, 0.4) is 0 Å². The fourth-order valence-electron chi connectivity index (χ4n) is 1.52. The summed E-state index contributed by atoms with van der Waals surface area (Å²) in [6.45, 7) is 3.79. The molecule has 0 aliphatic rings. The van der Waals surface area contributed by atoms with Gasteiger partial charge in [-0.15, -0.1) is 0 Å². The van der Waals surface area contributed by atoms with E-state index in [0.717, 1.165) is 10.7 Å². The first-order valence-corrected chi connectivity index (χ1v) is 7.70. The maximum atomic E-state index is 12.0. The number of hydrogen-bond donors (Lipinski definition) is 2. The molecule has 0 bridgehead atoms.